The molecule has 31 heavy (non-hydrogen) atoms. The van der Waals surface area contributed by atoms with Gasteiger partial charge in [0.05, 0.1) is 31.4 Å². The van der Waals surface area contributed by atoms with Crippen molar-refractivity contribution in [2.75, 3.05) is 26.1 Å². The number of methoxy groups -OCH3 is 2. The molecule has 0 saturated carbocycles. The van der Waals surface area contributed by atoms with Crippen LogP contribution in [-0.2, 0) is 9.53 Å². The molecule has 1 saturated heterocycles. The second-order valence-corrected chi connectivity index (χ2v) is 7.67. The molecule has 1 heterocycles. The Morgan fingerprint density at radius 1 is 1.13 bits per heavy atom. The molecule has 2 aromatic rings. The quantitative estimate of drug-likeness (QED) is 0.374. The molecule has 0 aromatic heterocycles. The minimum Gasteiger partial charge on any atom is -0.495 e. The minimum atomic E-state index is -0.807. The van der Waals surface area contributed by atoms with E-state index in [9.17, 15) is 9.59 Å². The summed E-state index contributed by atoms with van der Waals surface area (Å²) in [5.74, 6) is 1.09. The van der Waals surface area contributed by atoms with Crippen molar-refractivity contribution in [2.24, 2.45) is 0 Å². The van der Waals surface area contributed by atoms with Gasteiger partial charge < -0.3 is 29.6 Å². The average molecular weight is 445 g/mol. The van der Waals surface area contributed by atoms with Gasteiger partial charge in [0, 0.05) is 0 Å². The fraction of sp³-hybridized carbons (Fsp3) is 0.273. The number of aryl methyl sites for hydroxylation is 1. The van der Waals surface area contributed by atoms with Gasteiger partial charge in [0.15, 0.2) is 17.0 Å². The third-order valence-corrected chi connectivity index (χ3v) is 5.34. The molecule has 0 radical (unpaired) electrons. The highest BCUT2D eigenvalue weighted by atomic mass is 32.2. The summed E-state index contributed by atoms with van der Waals surface area (Å²) >= 11 is 1.36. The Kier molecular flexibility index (Phi) is 7.30. The summed E-state index contributed by atoms with van der Waals surface area (Å²) in [5, 5.41) is 6.18. The van der Waals surface area contributed by atoms with Crippen molar-refractivity contribution in [3.05, 3.63) is 52.4 Å². The number of ether oxygens (including phenoxy) is 4. The fourth-order valence-electron chi connectivity index (χ4n) is 2.89. The number of amides is 1. The van der Waals surface area contributed by atoms with Crippen molar-refractivity contribution in [2.45, 2.75) is 19.3 Å². The van der Waals surface area contributed by atoms with Crippen molar-refractivity contribution in [3.63, 3.8) is 0 Å². The van der Waals surface area contributed by atoms with Gasteiger partial charge in [-0.25, -0.2) is 4.79 Å². The van der Waals surface area contributed by atoms with Crippen LogP contribution >= 0.6 is 11.8 Å². The number of carbonyl (C=O) groups is 2. The summed E-state index contributed by atoms with van der Waals surface area (Å²) in [7, 11) is 3.07. The third kappa shape index (κ3) is 5.64. The molecule has 9 heteroatoms. The first-order valence-corrected chi connectivity index (χ1v) is 10.4. The monoisotopic (exact) mass is 444 g/mol. The highest BCUT2D eigenvalue weighted by Gasteiger charge is 2.28. The van der Waals surface area contributed by atoms with Crippen LogP contribution in [0.3, 0.4) is 0 Å². The predicted octanol–water partition coefficient (Wildman–Crippen LogP) is 4.15. The lowest BCUT2D eigenvalue weighted by Crippen LogP contribution is -2.31. The van der Waals surface area contributed by atoms with Crippen LogP contribution in [0.25, 0.3) is 6.08 Å². The zero-order valence-electron chi connectivity index (χ0n) is 17.7. The summed E-state index contributed by atoms with van der Waals surface area (Å²) in [6.45, 7) is 3.88. The Balaban J connectivity index is 1.74. The van der Waals surface area contributed by atoms with Crippen molar-refractivity contribution in [1.82, 2.24) is 5.32 Å². The minimum absolute atomic E-state index is 0.195. The number of anilines is 1. The number of carbonyl (C=O) groups excluding carboxylic acids is 2. The summed E-state index contributed by atoms with van der Waals surface area (Å²) in [6.07, 6.45) is 0.935. The van der Waals surface area contributed by atoms with Crippen LogP contribution in [0, 0.1) is 6.92 Å². The summed E-state index contributed by atoms with van der Waals surface area (Å²) in [6, 6.07) is 10.8. The smallest absolute Gasteiger partial charge is 0.495 e. The first-order valence-electron chi connectivity index (χ1n) is 9.56. The molecule has 1 aliphatic rings. The SMILES string of the molecule is CCOC(=O)Oc1ccc(/C=C2\SC(Nc3cc(C)ccc3OC)NC2=O)cc1OC. The number of hydrogen-bond donors (Lipinski definition) is 2. The Labute approximate surface area is 184 Å². The van der Waals surface area contributed by atoms with E-state index in [-0.39, 0.29) is 23.8 Å². The van der Waals surface area contributed by atoms with Gasteiger partial charge in [0.1, 0.15) is 5.75 Å². The molecule has 0 aliphatic carbocycles. The molecule has 3 rings (SSSR count). The van der Waals surface area contributed by atoms with E-state index < -0.39 is 6.16 Å². The van der Waals surface area contributed by atoms with E-state index in [0.29, 0.717) is 16.4 Å². The topological polar surface area (TPSA) is 95.1 Å². The molecule has 1 aliphatic heterocycles. The van der Waals surface area contributed by atoms with Crippen LogP contribution < -0.4 is 24.8 Å². The molecule has 1 amide bonds. The van der Waals surface area contributed by atoms with Crippen LogP contribution in [0.1, 0.15) is 18.1 Å². The second kappa shape index (κ2) is 10.1. The highest BCUT2D eigenvalue weighted by Crippen LogP contribution is 2.35. The standard InChI is InChI=1S/C22H24N2O6S/c1-5-29-22(26)30-17-9-7-14(11-18(17)28-4)12-19-20(25)24-21(31-19)23-15-10-13(2)6-8-16(15)27-3/h6-12,21,23H,5H2,1-4H3,(H,24,25)/b19-12-. The van der Waals surface area contributed by atoms with E-state index in [1.54, 1.807) is 38.3 Å². The molecule has 8 nitrogen and oxygen atoms in total. The molecule has 1 unspecified atom stereocenters. The van der Waals surface area contributed by atoms with Crippen molar-refractivity contribution in [1.29, 1.82) is 0 Å². The van der Waals surface area contributed by atoms with Gasteiger partial charge in [-0.1, -0.05) is 23.9 Å². The molecule has 1 atom stereocenters. The Morgan fingerprint density at radius 2 is 1.87 bits per heavy atom. The van der Waals surface area contributed by atoms with Crippen molar-refractivity contribution < 1.29 is 28.5 Å². The third-order valence-electron chi connectivity index (χ3n) is 4.31. The molecule has 2 aromatic carbocycles. The summed E-state index contributed by atoms with van der Waals surface area (Å²) < 4.78 is 20.6. The number of benzene rings is 2. The predicted molar refractivity (Wildman–Crippen MR) is 119 cm³/mol. The van der Waals surface area contributed by atoms with Gasteiger partial charge in [0.25, 0.3) is 5.91 Å². The van der Waals surface area contributed by atoms with Crippen LogP contribution in [0.5, 0.6) is 17.2 Å². The number of thioether (sulfide) groups is 1. The number of rotatable bonds is 7. The summed E-state index contributed by atoms with van der Waals surface area (Å²) in [4.78, 5) is 24.5. The normalized spacial score (nSPS) is 16.6. The van der Waals surface area contributed by atoms with Gasteiger partial charge in [-0.2, -0.15) is 0 Å². The van der Waals surface area contributed by atoms with Gasteiger partial charge in [-0.05, 0) is 55.3 Å². The van der Waals surface area contributed by atoms with E-state index in [0.717, 1.165) is 16.8 Å². The van der Waals surface area contributed by atoms with E-state index in [4.69, 9.17) is 18.9 Å². The van der Waals surface area contributed by atoms with E-state index in [1.165, 1.54) is 18.9 Å². The van der Waals surface area contributed by atoms with E-state index >= 15 is 0 Å². The highest BCUT2D eigenvalue weighted by molar-refractivity contribution is 8.05. The second-order valence-electron chi connectivity index (χ2n) is 6.52. The van der Waals surface area contributed by atoms with Gasteiger partial charge in [-0.15, -0.1) is 0 Å². The zero-order chi connectivity index (χ0) is 22.4. The lowest BCUT2D eigenvalue weighted by molar-refractivity contribution is -0.116. The molecular formula is C22H24N2O6S. The van der Waals surface area contributed by atoms with Gasteiger partial charge in [0.2, 0.25) is 0 Å². The maximum absolute atomic E-state index is 12.5. The Morgan fingerprint density at radius 3 is 2.58 bits per heavy atom. The van der Waals surface area contributed by atoms with Crippen molar-refractivity contribution in [3.8, 4) is 17.2 Å². The van der Waals surface area contributed by atoms with Crippen LogP contribution in [0.2, 0.25) is 0 Å². The number of nitrogens with one attached hydrogen (secondary N) is 2. The largest absolute Gasteiger partial charge is 0.513 e. The maximum atomic E-state index is 12.5. The van der Waals surface area contributed by atoms with E-state index in [1.807, 2.05) is 25.1 Å². The first kappa shape index (κ1) is 22.4. The molecule has 0 bridgehead atoms. The Bertz CT molecular complexity index is 1010. The van der Waals surface area contributed by atoms with E-state index in [2.05, 4.69) is 10.6 Å². The maximum Gasteiger partial charge on any atom is 0.513 e. The van der Waals surface area contributed by atoms with Crippen LogP contribution in [0.15, 0.2) is 41.3 Å². The molecule has 164 valence electrons. The molecule has 1 fully saturated rings. The summed E-state index contributed by atoms with van der Waals surface area (Å²) in [5.41, 5.74) is 2.25. The van der Waals surface area contributed by atoms with Gasteiger partial charge in [-0.3, -0.25) is 4.79 Å². The number of hydrogen-bond acceptors (Lipinski definition) is 8. The lowest BCUT2D eigenvalue weighted by Gasteiger charge is -2.16. The zero-order valence-corrected chi connectivity index (χ0v) is 18.5. The van der Waals surface area contributed by atoms with Gasteiger partial charge >= 0.3 is 6.16 Å². The molecular weight excluding hydrogens is 420 g/mol. The Hall–Kier alpha value is -3.33. The average Bonchev–Trinajstić information content (AvgIpc) is 3.08. The first-order chi connectivity index (χ1) is 14.9. The molecule has 0 spiro atoms. The van der Waals surface area contributed by atoms with Crippen LogP contribution in [0.4, 0.5) is 10.5 Å². The van der Waals surface area contributed by atoms with Crippen LogP contribution in [-0.4, -0.2) is 38.4 Å². The molecule has 2 N–H and O–H groups in total. The van der Waals surface area contributed by atoms with Crippen molar-refractivity contribution >= 4 is 35.6 Å². The lowest BCUT2D eigenvalue weighted by atomic mass is 10.2. The fourth-order valence-corrected chi connectivity index (χ4v) is 3.86.